The van der Waals surface area contributed by atoms with Crippen LogP contribution in [-0.4, -0.2) is 75.7 Å². The van der Waals surface area contributed by atoms with E-state index in [2.05, 4.69) is 29.5 Å². The second-order valence-electron chi connectivity index (χ2n) is 12.7. The summed E-state index contributed by atoms with van der Waals surface area (Å²) in [6.07, 6.45) is 11.2. The van der Waals surface area contributed by atoms with E-state index in [1.54, 1.807) is 12.4 Å². The highest BCUT2D eigenvalue weighted by Gasteiger charge is 2.59. The maximum Gasteiger partial charge on any atom is 0.343 e. The zero-order chi connectivity index (χ0) is 28.9. The summed E-state index contributed by atoms with van der Waals surface area (Å²) in [7, 11) is 1.96. The minimum absolute atomic E-state index is 0.0271. The summed E-state index contributed by atoms with van der Waals surface area (Å²) in [6, 6.07) is 6.09. The van der Waals surface area contributed by atoms with Crippen LogP contribution in [0.1, 0.15) is 38.7 Å². The van der Waals surface area contributed by atoms with Crippen LogP contribution < -0.4 is 0 Å². The van der Waals surface area contributed by atoms with Gasteiger partial charge in [0.1, 0.15) is 5.76 Å². The number of rotatable bonds is 5. The van der Waals surface area contributed by atoms with Crippen molar-refractivity contribution in [2.24, 2.45) is 29.7 Å². The number of cyclic esters (lactones) is 1. The van der Waals surface area contributed by atoms with Crippen molar-refractivity contribution < 1.29 is 24.5 Å². The minimum atomic E-state index is -0.611. The Hall–Kier alpha value is -3.04. The van der Waals surface area contributed by atoms with Gasteiger partial charge < -0.3 is 24.3 Å². The van der Waals surface area contributed by atoms with Gasteiger partial charge in [0.15, 0.2) is 0 Å². The Bertz CT molecular complexity index is 1450. The summed E-state index contributed by atoms with van der Waals surface area (Å²) >= 11 is 0. The van der Waals surface area contributed by atoms with E-state index in [0.717, 1.165) is 48.1 Å². The zero-order valence-corrected chi connectivity index (χ0v) is 24.3. The van der Waals surface area contributed by atoms with E-state index in [9.17, 15) is 15.0 Å². The van der Waals surface area contributed by atoms with Gasteiger partial charge in [-0.3, -0.25) is 4.90 Å². The van der Waals surface area contributed by atoms with Crippen LogP contribution >= 0.6 is 0 Å². The largest absolute Gasteiger partial charge is 0.423 e. The zero-order valence-electron chi connectivity index (χ0n) is 24.3. The molecule has 0 radical (unpaired) electrons. The number of nitrogens with zero attached hydrogens (tertiary/aromatic N) is 3. The maximum absolute atomic E-state index is 12.9. The Kier molecular flexibility index (Phi) is 7.30. The molecule has 4 aliphatic rings. The minimum Gasteiger partial charge on any atom is -0.423 e. The third kappa shape index (κ3) is 4.80. The van der Waals surface area contributed by atoms with Crippen LogP contribution in [0.2, 0.25) is 0 Å². The molecule has 218 valence electrons. The molecule has 3 fully saturated rings. The molecule has 8 nitrogen and oxygen atoms in total. The van der Waals surface area contributed by atoms with Gasteiger partial charge in [0.2, 0.25) is 0 Å². The van der Waals surface area contributed by atoms with Crippen molar-refractivity contribution >= 4 is 23.1 Å². The summed E-state index contributed by atoms with van der Waals surface area (Å²) in [5.74, 6) is 0.175. The SMILES string of the molecule is C=C1C(N2CCOCC2)CC2[C@](C)(CC[C@@H](O)[C@@]2(C)CO)C1C=CC1=CC(=Cc2ccc3c(c2)ncn3C)OC1=O. The molecule has 1 aromatic heterocycles. The molecule has 1 aromatic carbocycles. The number of allylic oxidation sites excluding steroid dienone is 2. The number of hydrogen-bond donors (Lipinski definition) is 2. The summed E-state index contributed by atoms with van der Waals surface area (Å²) in [5, 5.41) is 21.6. The van der Waals surface area contributed by atoms with Gasteiger partial charge in [-0.1, -0.05) is 44.2 Å². The Morgan fingerprint density at radius 2 is 2.02 bits per heavy atom. The molecule has 2 aliphatic carbocycles. The number of aryl methyl sites for hydroxylation is 1. The van der Waals surface area contributed by atoms with E-state index in [4.69, 9.17) is 9.47 Å². The summed E-state index contributed by atoms with van der Waals surface area (Å²) in [5.41, 5.74) is 3.64. The molecule has 0 amide bonds. The monoisotopic (exact) mass is 559 g/mol. The molecule has 6 atom stereocenters. The molecule has 2 aromatic rings. The van der Waals surface area contributed by atoms with Crippen molar-refractivity contribution in [1.29, 1.82) is 0 Å². The smallest absolute Gasteiger partial charge is 0.343 e. The molecule has 3 unspecified atom stereocenters. The van der Waals surface area contributed by atoms with E-state index >= 15 is 0 Å². The van der Waals surface area contributed by atoms with Gasteiger partial charge in [0.25, 0.3) is 0 Å². The van der Waals surface area contributed by atoms with Gasteiger partial charge in [-0.2, -0.15) is 0 Å². The quantitative estimate of drug-likeness (QED) is 0.422. The first-order valence-electron chi connectivity index (χ1n) is 14.7. The summed E-state index contributed by atoms with van der Waals surface area (Å²) in [6.45, 7) is 11.9. The normalized spacial score (nSPS) is 35.7. The molecule has 41 heavy (non-hydrogen) atoms. The fourth-order valence-electron chi connectivity index (χ4n) is 7.89. The van der Waals surface area contributed by atoms with Crippen molar-refractivity contribution in [3.63, 3.8) is 0 Å². The van der Waals surface area contributed by atoms with Gasteiger partial charge in [0.05, 0.1) is 48.9 Å². The number of carbonyl (C=O) groups excluding carboxylic acids is 1. The number of esters is 1. The van der Waals surface area contributed by atoms with Gasteiger partial charge >= 0.3 is 5.97 Å². The number of aliphatic hydroxyl groups is 2. The maximum atomic E-state index is 12.9. The van der Waals surface area contributed by atoms with Crippen molar-refractivity contribution in [2.45, 2.75) is 45.3 Å². The summed E-state index contributed by atoms with van der Waals surface area (Å²) in [4.78, 5) is 19.8. The standard InChI is InChI=1S/C33H41N3O5/c1-21-25(7-6-23-17-24(41-31(23)39)15-22-5-8-27-26(16-22)34-20-35(27)4)32(2)10-9-30(38)33(3,19-37)29(32)18-28(21)36-11-13-40-14-12-36/h5-8,15-17,20,25,28-30,37-38H,1,9-14,18-19H2,2-4H3/t25?,28?,29?,30-,32-,33+/m1/s1. The number of carbonyl (C=O) groups is 1. The van der Waals surface area contributed by atoms with E-state index in [-0.39, 0.29) is 35.9 Å². The number of morpholine rings is 1. The predicted molar refractivity (Wildman–Crippen MR) is 157 cm³/mol. The Morgan fingerprint density at radius 3 is 2.78 bits per heavy atom. The Labute approximate surface area is 241 Å². The average Bonchev–Trinajstić information content (AvgIpc) is 3.51. The predicted octanol–water partition coefficient (Wildman–Crippen LogP) is 4.01. The molecule has 2 aliphatic heterocycles. The number of imidazole rings is 1. The number of benzene rings is 1. The Balaban J connectivity index is 1.31. The van der Waals surface area contributed by atoms with Gasteiger partial charge in [-0.15, -0.1) is 0 Å². The van der Waals surface area contributed by atoms with E-state index in [0.29, 0.717) is 31.0 Å². The van der Waals surface area contributed by atoms with Gasteiger partial charge in [0, 0.05) is 37.5 Å². The average molecular weight is 560 g/mol. The lowest BCUT2D eigenvalue weighted by Gasteiger charge is -2.62. The van der Waals surface area contributed by atoms with Gasteiger partial charge in [-0.05, 0) is 60.4 Å². The van der Waals surface area contributed by atoms with Crippen LogP contribution in [0.25, 0.3) is 17.1 Å². The van der Waals surface area contributed by atoms with Crippen molar-refractivity contribution in [3.05, 3.63) is 71.8 Å². The first-order valence-corrected chi connectivity index (χ1v) is 14.7. The molecular weight excluding hydrogens is 518 g/mol. The van der Waals surface area contributed by atoms with Crippen LogP contribution in [-0.2, 0) is 21.3 Å². The fraction of sp³-hybridized carbons (Fsp3) is 0.515. The summed E-state index contributed by atoms with van der Waals surface area (Å²) < 4.78 is 13.2. The number of fused-ring (bicyclic) bond motifs is 2. The van der Waals surface area contributed by atoms with Crippen LogP contribution in [0.5, 0.6) is 0 Å². The third-order valence-corrected chi connectivity index (χ3v) is 10.4. The molecule has 8 heteroatoms. The van der Waals surface area contributed by atoms with Crippen LogP contribution in [0.4, 0.5) is 0 Å². The van der Waals surface area contributed by atoms with E-state index in [1.807, 2.05) is 48.9 Å². The molecular formula is C33H41N3O5. The molecule has 3 heterocycles. The molecule has 2 saturated carbocycles. The lowest BCUT2D eigenvalue weighted by molar-refractivity contribution is -0.156. The molecule has 1 saturated heterocycles. The fourth-order valence-corrected chi connectivity index (χ4v) is 7.89. The van der Waals surface area contributed by atoms with Gasteiger partial charge in [-0.25, -0.2) is 9.78 Å². The second-order valence-corrected chi connectivity index (χ2v) is 12.7. The number of ether oxygens (including phenoxy) is 2. The topological polar surface area (TPSA) is 97.1 Å². The van der Waals surface area contributed by atoms with Crippen LogP contribution in [0.3, 0.4) is 0 Å². The van der Waals surface area contributed by atoms with Crippen LogP contribution in [0.15, 0.2) is 66.2 Å². The molecule has 6 rings (SSSR count). The number of hydrogen-bond acceptors (Lipinski definition) is 7. The lowest BCUT2D eigenvalue weighted by atomic mass is 9.45. The third-order valence-electron chi connectivity index (χ3n) is 10.4. The first-order chi connectivity index (χ1) is 19.6. The lowest BCUT2D eigenvalue weighted by Crippen LogP contribution is -2.61. The highest BCUT2D eigenvalue weighted by atomic mass is 16.5. The number of aliphatic hydroxyl groups excluding tert-OH is 2. The highest BCUT2D eigenvalue weighted by molar-refractivity contribution is 5.96. The first kappa shape index (κ1) is 28.1. The molecule has 0 spiro atoms. The molecule has 2 N–H and O–H groups in total. The van der Waals surface area contributed by atoms with Crippen molar-refractivity contribution in [2.75, 3.05) is 32.9 Å². The second kappa shape index (κ2) is 10.7. The van der Waals surface area contributed by atoms with Crippen molar-refractivity contribution in [3.8, 4) is 0 Å². The number of aromatic nitrogens is 2. The van der Waals surface area contributed by atoms with Crippen molar-refractivity contribution in [1.82, 2.24) is 14.5 Å². The Morgan fingerprint density at radius 1 is 1.24 bits per heavy atom. The van der Waals surface area contributed by atoms with E-state index in [1.165, 1.54) is 0 Å². The highest BCUT2D eigenvalue weighted by Crippen LogP contribution is 2.61. The van der Waals surface area contributed by atoms with Crippen LogP contribution in [0, 0.1) is 22.7 Å². The molecule has 0 bridgehead atoms. The van der Waals surface area contributed by atoms with E-state index < -0.39 is 11.5 Å².